The molecule has 2 saturated heterocycles. The maximum Gasteiger partial charge on any atom is 0.224 e. The zero-order valence-electron chi connectivity index (χ0n) is 11.2. The second kappa shape index (κ2) is 5.25. The van der Waals surface area contributed by atoms with Crippen LogP contribution in [-0.4, -0.2) is 47.4 Å². The first-order chi connectivity index (χ1) is 9.65. The van der Waals surface area contributed by atoms with E-state index in [4.69, 9.17) is 0 Å². The standard InChI is InChI=1S/C15H18N2O3/c18-11-5-3-10(4-6-11)14(19)9-17-7-1-2-12-13(17)8-16-15(12)20/h3-6,12-13,18H,1-2,7-9H2,(H,16,20). The van der Waals surface area contributed by atoms with Crippen LogP contribution in [0.2, 0.25) is 0 Å². The number of rotatable bonds is 3. The smallest absolute Gasteiger partial charge is 0.224 e. The molecule has 5 nitrogen and oxygen atoms in total. The van der Waals surface area contributed by atoms with Crippen molar-refractivity contribution in [2.45, 2.75) is 18.9 Å². The zero-order valence-corrected chi connectivity index (χ0v) is 11.2. The molecule has 0 aromatic heterocycles. The Morgan fingerprint density at radius 3 is 2.85 bits per heavy atom. The molecule has 1 amide bonds. The van der Waals surface area contributed by atoms with Gasteiger partial charge in [0.15, 0.2) is 5.78 Å². The molecule has 0 bridgehead atoms. The van der Waals surface area contributed by atoms with E-state index in [-0.39, 0.29) is 29.4 Å². The van der Waals surface area contributed by atoms with Crippen molar-refractivity contribution in [3.63, 3.8) is 0 Å². The highest BCUT2D eigenvalue weighted by Crippen LogP contribution is 2.27. The summed E-state index contributed by atoms with van der Waals surface area (Å²) in [6.45, 7) is 1.84. The molecule has 0 saturated carbocycles. The summed E-state index contributed by atoms with van der Waals surface area (Å²) in [6.07, 6.45) is 1.87. The Morgan fingerprint density at radius 2 is 2.10 bits per heavy atom. The maximum atomic E-state index is 12.3. The summed E-state index contributed by atoms with van der Waals surface area (Å²) in [5.41, 5.74) is 0.599. The minimum absolute atomic E-state index is 0.0324. The predicted molar refractivity (Wildman–Crippen MR) is 73.5 cm³/mol. The number of aromatic hydroxyl groups is 1. The minimum Gasteiger partial charge on any atom is -0.508 e. The summed E-state index contributed by atoms with van der Waals surface area (Å²) in [7, 11) is 0. The van der Waals surface area contributed by atoms with Crippen molar-refractivity contribution in [1.29, 1.82) is 0 Å². The molecule has 2 heterocycles. The number of Topliss-reactive ketones (excluding diaryl/α,β-unsaturated/α-hetero) is 1. The molecular formula is C15H18N2O3. The molecular weight excluding hydrogens is 256 g/mol. The lowest BCUT2D eigenvalue weighted by Crippen LogP contribution is -2.47. The van der Waals surface area contributed by atoms with Crippen LogP contribution in [0.1, 0.15) is 23.2 Å². The molecule has 2 fully saturated rings. The number of nitrogens with zero attached hydrogens (tertiary/aromatic N) is 1. The number of carbonyl (C=O) groups is 2. The van der Waals surface area contributed by atoms with Crippen molar-refractivity contribution >= 4 is 11.7 Å². The number of nitrogens with one attached hydrogen (secondary N) is 1. The number of hydrogen-bond acceptors (Lipinski definition) is 4. The molecule has 2 unspecified atom stereocenters. The van der Waals surface area contributed by atoms with Gasteiger partial charge in [0.2, 0.25) is 5.91 Å². The van der Waals surface area contributed by atoms with Crippen molar-refractivity contribution in [3.8, 4) is 5.75 Å². The largest absolute Gasteiger partial charge is 0.508 e. The van der Waals surface area contributed by atoms with Gasteiger partial charge in [-0.2, -0.15) is 0 Å². The fraction of sp³-hybridized carbons (Fsp3) is 0.467. The molecule has 2 aliphatic heterocycles. The average Bonchev–Trinajstić information content (AvgIpc) is 2.82. The minimum atomic E-state index is 0.0324. The van der Waals surface area contributed by atoms with Gasteiger partial charge in [-0.05, 0) is 43.7 Å². The molecule has 2 N–H and O–H groups in total. The highest BCUT2D eigenvalue weighted by molar-refractivity contribution is 5.97. The normalized spacial score (nSPS) is 26.1. The highest BCUT2D eigenvalue weighted by atomic mass is 16.3. The van der Waals surface area contributed by atoms with Crippen molar-refractivity contribution < 1.29 is 14.7 Å². The van der Waals surface area contributed by atoms with E-state index in [9.17, 15) is 14.7 Å². The van der Waals surface area contributed by atoms with Crippen molar-refractivity contribution in [2.75, 3.05) is 19.6 Å². The van der Waals surface area contributed by atoms with Crippen molar-refractivity contribution in [3.05, 3.63) is 29.8 Å². The Morgan fingerprint density at radius 1 is 1.35 bits per heavy atom. The molecule has 0 spiro atoms. The number of carbonyl (C=O) groups excluding carboxylic acids is 2. The summed E-state index contributed by atoms with van der Waals surface area (Å²) in [5, 5.41) is 12.1. The van der Waals surface area contributed by atoms with Gasteiger partial charge in [0.1, 0.15) is 5.75 Å². The Labute approximate surface area is 117 Å². The van der Waals surface area contributed by atoms with Gasteiger partial charge >= 0.3 is 0 Å². The van der Waals surface area contributed by atoms with Gasteiger partial charge in [-0.25, -0.2) is 0 Å². The average molecular weight is 274 g/mol. The number of amides is 1. The molecule has 5 heteroatoms. The van der Waals surface area contributed by atoms with Gasteiger partial charge in [0, 0.05) is 18.2 Å². The summed E-state index contributed by atoms with van der Waals surface area (Å²) < 4.78 is 0. The van der Waals surface area contributed by atoms with E-state index in [2.05, 4.69) is 10.2 Å². The molecule has 0 radical (unpaired) electrons. The Bertz CT molecular complexity index is 526. The van der Waals surface area contributed by atoms with E-state index < -0.39 is 0 Å². The number of fused-ring (bicyclic) bond motifs is 1. The number of piperidine rings is 1. The lowest BCUT2D eigenvalue weighted by Gasteiger charge is -2.35. The quantitative estimate of drug-likeness (QED) is 0.799. The Kier molecular flexibility index (Phi) is 3.44. The van der Waals surface area contributed by atoms with Crippen LogP contribution < -0.4 is 5.32 Å². The fourth-order valence-electron chi connectivity index (χ4n) is 3.16. The van der Waals surface area contributed by atoms with E-state index in [1.165, 1.54) is 12.1 Å². The molecule has 1 aromatic rings. The Hall–Kier alpha value is -1.88. The summed E-state index contributed by atoms with van der Waals surface area (Å²) in [6, 6.07) is 6.46. The summed E-state index contributed by atoms with van der Waals surface area (Å²) in [4.78, 5) is 26.1. The lowest BCUT2D eigenvalue weighted by molar-refractivity contribution is -0.124. The van der Waals surface area contributed by atoms with Crippen LogP contribution in [0.5, 0.6) is 5.75 Å². The third kappa shape index (κ3) is 2.41. The number of phenolic OH excluding ortho intramolecular Hbond substituents is 1. The first-order valence-corrected chi connectivity index (χ1v) is 6.99. The van der Waals surface area contributed by atoms with E-state index in [0.717, 1.165) is 19.4 Å². The third-order valence-corrected chi connectivity index (χ3v) is 4.25. The topological polar surface area (TPSA) is 69.6 Å². The SMILES string of the molecule is O=C(CN1CCCC2C(=O)NCC21)c1ccc(O)cc1. The number of phenols is 1. The van der Waals surface area contributed by atoms with Crippen LogP contribution >= 0.6 is 0 Å². The van der Waals surface area contributed by atoms with Crippen LogP contribution in [0.15, 0.2) is 24.3 Å². The van der Waals surface area contributed by atoms with E-state index in [1.807, 2.05) is 0 Å². The molecule has 0 aliphatic carbocycles. The van der Waals surface area contributed by atoms with Crippen molar-refractivity contribution in [1.82, 2.24) is 10.2 Å². The summed E-state index contributed by atoms with van der Waals surface area (Å²) >= 11 is 0. The van der Waals surface area contributed by atoms with Crippen LogP contribution in [0.4, 0.5) is 0 Å². The first kappa shape index (κ1) is 13.1. The lowest BCUT2D eigenvalue weighted by atomic mass is 9.91. The van der Waals surface area contributed by atoms with E-state index in [1.54, 1.807) is 12.1 Å². The van der Waals surface area contributed by atoms with Gasteiger partial charge < -0.3 is 10.4 Å². The van der Waals surface area contributed by atoms with E-state index >= 15 is 0 Å². The van der Waals surface area contributed by atoms with Crippen LogP contribution in [0.25, 0.3) is 0 Å². The molecule has 2 atom stereocenters. The highest BCUT2D eigenvalue weighted by Gasteiger charge is 2.41. The maximum absolute atomic E-state index is 12.3. The van der Waals surface area contributed by atoms with Gasteiger partial charge in [0.25, 0.3) is 0 Å². The van der Waals surface area contributed by atoms with Crippen LogP contribution in [0.3, 0.4) is 0 Å². The molecule has 106 valence electrons. The Balaban J connectivity index is 1.69. The van der Waals surface area contributed by atoms with Crippen LogP contribution in [-0.2, 0) is 4.79 Å². The number of hydrogen-bond donors (Lipinski definition) is 2. The number of ketones is 1. The van der Waals surface area contributed by atoms with Crippen LogP contribution in [0, 0.1) is 5.92 Å². The summed E-state index contributed by atoms with van der Waals surface area (Å²) in [5.74, 6) is 0.350. The van der Waals surface area contributed by atoms with Gasteiger partial charge in [-0.3, -0.25) is 14.5 Å². The number of benzene rings is 1. The predicted octanol–water partition coefficient (Wildman–Crippen LogP) is 0.785. The van der Waals surface area contributed by atoms with Gasteiger partial charge in [-0.15, -0.1) is 0 Å². The van der Waals surface area contributed by atoms with Gasteiger partial charge in [0.05, 0.1) is 12.5 Å². The second-order valence-electron chi connectivity index (χ2n) is 5.50. The second-order valence-corrected chi connectivity index (χ2v) is 5.50. The third-order valence-electron chi connectivity index (χ3n) is 4.25. The zero-order chi connectivity index (χ0) is 14.1. The molecule has 2 aliphatic rings. The molecule has 20 heavy (non-hydrogen) atoms. The first-order valence-electron chi connectivity index (χ1n) is 6.99. The molecule has 1 aromatic carbocycles. The monoisotopic (exact) mass is 274 g/mol. The number of likely N-dealkylation sites (tertiary alicyclic amines) is 1. The van der Waals surface area contributed by atoms with E-state index in [0.29, 0.717) is 18.7 Å². The van der Waals surface area contributed by atoms with Crippen molar-refractivity contribution in [2.24, 2.45) is 5.92 Å². The fourth-order valence-corrected chi connectivity index (χ4v) is 3.16. The van der Waals surface area contributed by atoms with Gasteiger partial charge in [-0.1, -0.05) is 0 Å². The molecule has 3 rings (SSSR count).